The molecule has 2 unspecified atom stereocenters. The minimum absolute atomic E-state index is 0.222. The Balaban J connectivity index is 1.50. The zero-order valence-electron chi connectivity index (χ0n) is 17.8. The number of carboxylic acids is 1. The van der Waals surface area contributed by atoms with Gasteiger partial charge in [-0.15, -0.1) is 0 Å². The zero-order valence-corrected chi connectivity index (χ0v) is 17.8. The molecule has 1 saturated heterocycles. The van der Waals surface area contributed by atoms with Crippen LogP contribution >= 0.6 is 0 Å². The number of carbonyl (C=O) groups is 1. The number of likely N-dealkylation sites (tertiary alicyclic amines) is 1. The Morgan fingerprint density at radius 2 is 2.10 bits per heavy atom. The number of fused-ring (bicyclic) bond motifs is 1. The number of hydrogen-bond acceptors (Lipinski definition) is 6. The highest BCUT2D eigenvalue weighted by molar-refractivity contribution is 6.40. The van der Waals surface area contributed by atoms with Crippen LogP contribution in [0.2, 0.25) is 6.32 Å². The molecule has 2 heterocycles. The quantitative estimate of drug-likeness (QED) is 0.270. The largest absolute Gasteiger partial charge is 0.480 e. The molecule has 0 radical (unpaired) electrons. The van der Waals surface area contributed by atoms with Crippen LogP contribution in [-0.2, 0) is 4.79 Å². The first-order chi connectivity index (χ1) is 14.8. The number of rotatable bonds is 11. The first kappa shape index (κ1) is 23.7. The molecular weight excluding hydrogens is 402 g/mol. The maximum Gasteiger partial charge on any atom is 0.451 e. The molecule has 10 heteroatoms. The van der Waals surface area contributed by atoms with E-state index in [2.05, 4.69) is 14.9 Å². The number of aromatic nitrogens is 2. The molecule has 0 amide bonds. The predicted octanol–water partition coefficient (Wildman–Crippen LogP) is 2.09. The average Bonchev–Trinajstić information content (AvgIpc) is 3.14. The van der Waals surface area contributed by atoms with Crippen LogP contribution in [0.25, 0.3) is 11.0 Å². The number of nitrogens with one attached hydrogen (secondary N) is 1. The number of carboxylic acid groups (broad SMARTS) is 1. The number of benzene rings is 1. The monoisotopic (exact) mass is 434 g/mol. The number of imidazole rings is 1. The second kappa shape index (κ2) is 10.5. The van der Waals surface area contributed by atoms with Gasteiger partial charge in [0, 0.05) is 18.5 Å². The summed E-state index contributed by atoms with van der Waals surface area (Å²) in [5.74, 6) is -0.207. The van der Waals surface area contributed by atoms with Gasteiger partial charge in [0.05, 0.1) is 11.0 Å². The first-order valence-corrected chi connectivity index (χ1v) is 11.0. The molecule has 6 N–H and O–H groups in total. The molecule has 2 atom stereocenters. The fourth-order valence-corrected chi connectivity index (χ4v) is 4.40. The molecule has 1 aromatic carbocycles. The molecule has 3 rings (SSSR count). The molecule has 0 bridgehead atoms. The highest BCUT2D eigenvalue weighted by atomic mass is 19.1. The third kappa shape index (κ3) is 6.49. The summed E-state index contributed by atoms with van der Waals surface area (Å²) in [5.41, 5.74) is 6.33. The van der Waals surface area contributed by atoms with Gasteiger partial charge < -0.3 is 30.8 Å². The van der Waals surface area contributed by atoms with Crippen molar-refractivity contribution in [3.8, 4) is 0 Å². The van der Waals surface area contributed by atoms with Gasteiger partial charge in [0.25, 0.3) is 0 Å². The molecular formula is C21H32BFN4O4. The van der Waals surface area contributed by atoms with Gasteiger partial charge in [0.1, 0.15) is 17.2 Å². The molecule has 8 nitrogen and oxygen atoms in total. The van der Waals surface area contributed by atoms with Crippen molar-refractivity contribution < 1.29 is 24.3 Å². The van der Waals surface area contributed by atoms with Crippen LogP contribution in [-0.4, -0.2) is 68.3 Å². The van der Waals surface area contributed by atoms with Crippen LogP contribution in [0.15, 0.2) is 18.2 Å². The number of aliphatic carboxylic acids is 1. The number of unbranched alkanes of at least 4 members (excludes halogenated alkanes) is 1. The van der Waals surface area contributed by atoms with E-state index in [0.29, 0.717) is 37.6 Å². The molecule has 1 fully saturated rings. The predicted molar refractivity (Wildman–Crippen MR) is 117 cm³/mol. The van der Waals surface area contributed by atoms with Gasteiger partial charge in [-0.2, -0.15) is 0 Å². The van der Waals surface area contributed by atoms with E-state index < -0.39 is 18.6 Å². The maximum atomic E-state index is 13.4. The number of nitrogens with zero attached hydrogens (tertiary/aromatic N) is 2. The van der Waals surface area contributed by atoms with Crippen LogP contribution < -0.4 is 5.73 Å². The summed E-state index contributed by atoms with van der Waals surface area (Å²) in [4.78, 5) is 21.9. The number of aromatic amines is 1. The molecule has 31 heavy (non-hydrogen) atoms. The molecule has 1 aliphatic heterocycles. The lowest BCUT2D eigenvalue weighted by Crippen LogP contribution is -2.48. The molecule has 0 saturated carbocycles. The van der Waals surface area contributed by atoms with E-state index in [4.69, 9.17) is 15.8 Å². The van der Waals surface area contributed by atoms with Crippen LogP contribution in [0, 0.1) is 5.82 Å². The summed E-state index contributed by atoms with van der Waals surface area (Å²) in [6.07, 6.45) is 4.67. The average molecular weight is 434 g/mol. The van der Waals surface area contributed by atoms with Crippen molar-refractivity contribution in [3.63, 3.8) is 0 Å². The van der Waals surface area contributed by atoms with E-state index >= 15 is 0 Å². The Hall–Kier alpha value is -2.01. The number of H-pyrrole nitrogens is 1. The van der Waals surface area contributed by atoms with Gasteiger partial charge >= 0.3 is 13.1 Å². The lowest BCUT2D eigenvalue weighted by molar-refractivity contribution is -0.144. The number of nitrogens with two attached hydrogens (primary N) is 1. The molecule has 170 valence electrons. The summed E-state index contributed by atoms with van der Waals surface area (Å²) in [6, 6.07) is 4.56. The van der Waals surface area contributed by atoms with Crippen LogP contribution in [0.3, 0.4) is 0 Å². The van der Waals surface area contributed by atoms with E-state index in [0.717, 1.165) is 43.8 Å². The summed E-state index contributed by atoms with van der Waals surface area (Å²) in [7, 11) is -1.37. The highest BCUT2D eigenvalue weighted by Gasteiger charge is 2.33. The second-order valence-electron chi connectivity index (χ2n) is 8.71. The van der Waals surface area contributed by atoms with E-state index in [9.17, 15) is 14.3 Å². The molecule has 1 aliphatic rings. The van der Waals surface area contributed by atoms with Gasteiger partial charge in [0.15, 0.2) is 0 Å². The molecule has 1 aromatic heterocycles. The summed E-state index contributed by atoms with van der Waals surface area (Å²) in [6.45, 7) is 2.53. The number of piperidine rings is 1. The van der Waals surface area contributed by atoms with E-state index in [1.165, 1.54) is 12.1 Å². The highest BCUT2D eigenvalue weighted by Crippen LogP contribution is 2.28. The molecule has 0 aliphatic carbocycles. The van der Waals surface area contributed by atoms with Gasteiger partial charge in [-0.1, -0.05) is 12.8 Å². The Morgan fingerprint density at radius 3 is 2.84 bits per heavy atom. The van der Waals surface area contributed by atoms with E-state index in [1.807, 2.05) is 0 Å². The summed E-state index contributed by atoms with van der Waals surface area (Å²) >= 11 is 0. The van der Waals surface area contributed by atoms with Gasteiger partial charge in [-0.3, -0.25) is 4.79 Å². The van der Waals surface area contributed by atoms with Crippen molar-refractivity contribution in [1.82, 2.24) is 14.9 Å². The first-order valence-electron chi connectivity index (χ1n) is 11.0. The van der Waals surface area contributed by atoms with Crippen LogP contribution in [0.1, 0.15) is 56.7 Å². The lowest BCUT2D eigenvalue weighted by Gasteiger charge is -2.33. The maximum absolute atomic E-state index is 13.4. The standard InChI is InChI=1S/C21H32BFN4O4/c23-16-6-7-17-18(13-16)26-19(25-17)15-5-3-11-27(14-15)12-4-9-21(24,20(28)29)8-1-2-10-22(30)31/h6-7,13,15,30-31H,1-5,8-12,14,24H2,(H,25,26)(H,28,29). The van der Waals surface area contributed by atoms with E-state index in [-0.39, 0.29) is 18.1 Å². The lowest BCUT2D eigenvalue weighted by atomic mass is 9.81. The minimum Gasteiger partial charge on any atom is -0.480 e. The molecule has 2 aromatic rings. The van der Waals surface area contributed by atoms with Crippen molar-refractivity contribution in [1.29, 1.82) is 0 Å². The Labute approximate surface area is 181 Å². The van der Waals surface area contributed by atoms with Crippen LogP contribution in [0.4, 0.5) is 4.39 Å². The van der Waals surface area contributed by atoms with Crippen molar-refractivity contribution in [2.45, 2.75) is 62.7 Å². The fourth-order valence-electron chi connectivity index (χ4n) is 4.40. The summed E-state index contributed by atoms with van der Waals surface area (Å²) < 4.78 is 13.4. The topological polar surface area (TPSA) is 136 Å². The smallest absolute Gasteiger partial charge is 0.451 e. The fraction of sp³-hybridized carbons (Fsp3) is 0.619. The Morgan fingerprint density at radius 1 is 1.32 bits per heavy atom. The Bertz CT molecular complexity index is 880. The SMILES string of the molecule is NC(CCCCB(O)O)(CCCN1CCCC(c2nc3cc(F)ccc3[nH]2)C1)C(=O)O. The van der Waals surface area contributed by atoms with Gasteiger partial charge in [0.2, 0.25) is 0 Å². The third-order valence-electron chi connectivity index (χ3n) is 6.21. The van der Waals surface area contributed by atoms with Gasteiger partial charge in [-0.05, 0) is 63.6 Å². The zero-order chi connectivity index (χ0) is 22.4. The van der Waals surface area contributed by atoms with Crippen molar-refractivity contribution in [2.24, 2.45) is 5.73 Å². The van der Waals surface area contributed by atoms with Gasteiger partial charge in [-0.25, -0.2) is 9.37 Å². The molecule has 0 spiro atoms. The second-order valence-corrected chi connectivity index (χ2v) is 8.71. The minimum atomic E-state index is -1.37. The van der Waals surface area contributed by atoms with Crippen molar-refractivity contribution >= 4 is 24.1 Å². The summed E-state index contributed by atoms with van der Waals surface area (Å²) in [5, 5.41) is 27.4. The van der Waals surface area contributed by atoms with Crippen molar-refractivity contribution in [2.75, 3.05) is 19.6 Å². The third-order valence-corrected chi connectivity index (χ3v) is 6.21. The van der Waals surface area contributed by atoms with Crippen molar-refractivity contribution in [3.05, 3.63) is 29.8 Å². The Kier molecular flexibility index (Phi) is 8.04. The number of hydrogen-bond donors (Lipinski definition) is 5. The van der Waals surface area contributed by atoms with E-state index in [1.54, 1.807) is 6.07 Å². The van der Waals surface area contributed by atoms with Crippen LogP contribution in [0.5, 0.6) is 0 Å². The normalized spacial score (nSPS) is 19.4. The number of halogens is 1.